The van der Waals surface area contributed by atoms with Crippen molar-refractivity contribution in [3.63, 3.8) is 0 Å². The van der Waals surface area contributed by atoms with E-state index in [-0.39, 0.29) is 11.9 Å². The number of carbonyl (C=O) groups excluding carboxylic acids is 2. The van der Waals surface area contributed by atoms with Gasteiger partial charge in [0.25, 0.3) is 5.91 Å². The minimum absolute atomic E-state index is 0.247. The van der Waals surface area contributed by atoms with E-state index in [1.807, 2.05) is 6.92 Å². The summed E-state index contributed by atoms with van der Waals surface area (Å²) in [6.45, 7) is 4.07. The lowest BCUT2D eigenvalue weighted by Crippen LogP contribution is -2.22. The molecule has 1 amide bonds. The average Bonchev–Trinajstić information content (AvgIpc) is 2.53. The van der Waals surface area contributed by atoms with E-state index in [0.29, 0.717) is 31.4 Å². The van der Waals surface area contributed by atoms with Gasteiger partial charge in [0.1, 0.15) is 0 Å². The van der Waals surface area contributed by atoms with Crippen LogP contribution in [0.25, 0.3) is 0 Å². The Balaban J connectivity index is 1.98. The van der Waals surface area contributed by atoms with Crippen molar-refractivity contribution in [3.05, 3.63) is 45.4 Å². The summed E-state index contributed by atoms with van der Waals surface area (Å²) in [5.41, 5.74) is 5.66. The molecule has 2 rings (SSSR count). The maximum atomic E-state index is 12.0. The molecule has 0 heterocycles. The fourth-order valence-electron chi connectivity index (χ4n) is 2.37. The van der Waals surface area contributed by atoms with Crippen LogP contribution in [0.1, 0.15) is 43.5 Å². The van der Waals surface area contributed by atoms with Crippen LogP contribution in [0.4, 0.5) is 0 Å². The zero-order chi connectivity index (χ0) is 16.8. The first-order valence-corrected chi connectivity index (χ1v) is 8.27. The molecule has 0 aromatic heterocycles. The lowest BCUT2D eigenvalue weighted by molar-refractivity contribution is -0.138. The molecule has 1 N–H and O–H groups in total. The highest BCUT2D eigenvalue weighted by Crippen LogP contribution is 2.23. The summed E-state index contributed by atoms with van der Waals surface area (Å²) in [4.78, 5) is 23.8. The van der Waals surface area contributed by atoms with Gasteiger partial charge < -0.3 is 4.74 Å². The zero-order valence-corrected chi connectivity index (χ0v) is 14.8. The molecule has 1 aliphatic rings. The molecule has 0 saturated heterocycles. The number of allylic oxidation sites excluding steroid dienone is 1. The summed E-state index contributed by atoms with van der Waals surface area (Å²) in [6.07, 6.45) is 1.82. The number of hydrogen-bond donors (Lipinski definition) is 1. The molecule has 1 aromatic carbocycles. The number of nitrogens with zero attached hydrogens (tertiary/aromatic N) is 1. The van der Waals surface area contributed by atoms with Crippen LogP contribution in [-0.4, -0.2) is 24.2 Å². The second-order valence-corrected chi connectivity index (χ2v) is 6.20. The molecule has 0 spiro atoms. The summed E-state index contributed by atoms with van der Waals surface area (Å²) in [6, 6.07) is 7.07. The fourth-order valence-corrected chi connectivity index (χ4v) is 2.63. The molecular formula is C17H19BrN2O3. The van der Waals surface area contributed by atoms with Gasteiger partial charge in [-0.05, 0) is 51.0 Å². The van der Waals surface area contributed by atoms with Gasteiger partial charge >= 0.3 is 5.97 Å². The maximum Gasteiger partial charge on any atom is 0.333 e. The highest BCUT2D eigenvalue weighted by molar-refractivity contribution is 9.10. The van der Waals surface area contributed by atoms with Crippen molar-refractivity contribution >= 4 is 33.5 Å². The molecule has 1 aromatic rings. The molecule has 6 heteroatoms. The quantitative estimate of drug-likeness (QED) is 0.642. The van der Waals surface area contributed by atoms with Crippen molar-refractivity contribution < 1.29 is 14.3 Å². The molecule has 0 atom stereocenters. The van der Waals surface area contributed by atoms with Gasteiger partial charge in [-0.25, -0.2) is 10.2 Å². The van der Waals surface area contributed by atoms with E-state index in [2.05, 4.69) is 26.5 Å². The van der Waals surface area contributed by atoms with E-state index in [1.54, 1.807) is 31.2 Å². The Morgan fingerprint density at radius 3 is 2.57 bits per heavy atom. The maximum absolute atomic E-state index is 12.0. The van der Waals surface area contributed by atoms with Crippen LogP contribution in [-0.2, 0) is 9.53 Å². The van der Waals surface area contributed by atoms with Crippen molar-refractivity contribution in [1.29, 1.82) is 0 Å². The third-order valence-corrected chi connectivity index (χ3v) is 4.12. The molecule has 5 nitrogen and oxygen atoms in total. The Kier molecular flexibility index (Phi) is 6.10. The standard InChI is InChI=1S/C17H19BrN2O3/c1-3-23-17(22)15-9-8-14(10-11(15)2)19-20-16(21)12-4-6-13(18)7-5-12/h4-7H,3,8-10H2,1-2H3,(H,20,21)/b19-14-. The number of benzene rings is 1. The smallest absolute Gasteiger partial charge is 0.333 e. The predicted octanol–water partition coefficient (Wildman–Crippen LogP) is 3.60. The summed E-state index contributed by atoms with van der Waals surface area (Å²) in [5.74, 6) is -0.495. The van der Waals surface area contributed by atoms with Gasteiger partial charge in [-0.15, -0.1) is 0 Å². The number of nitrogens with one attached hydrogen (secondary N) is 1. The predicted molar refractivity (Wildman–Crippen MR) is 92.2 cm³/mol. The van der Waals surface area contributed by atoms with Crippen molar-refractivity contribution in [2.24, 2.45) is 5.10 Å². The van der Waals surface area contributed by atoms with Gasteiger partial charge in [0.2, 0.25) is 0 Å². The van der Waals surface area contributed by atoms with Crippen molar-refractivity contribution in [1.82, 2.24) is 5.43 Å². The number of amides is 1. The summed E-state index contributed by atoms with van der Waals surface area (Å²) in [7, 11) is 0. The van der Waals surface area contributed by atoms with Crippen LogP contribution in [0.5, 0.6) is 0 Å². The molecule has 0 radical (unpaired) electrons. The second kappa shape index (κ2) is 8.06. The molecule has 0 saturated carbocycles. The highest BCUT2D eigenvalue weighted by Gasteiger charge is 2.21. The van der Waals surface area contributed by atoms with Gasteiger partial charge in [0.15, 0.2) is 0 Å². The summed E-state index contributed by atoms with van der Waals surface area (Å²) in [5, 5.41) is 4.19. The zero-order valence-electron chi connectivity index (χ0n) is 13.2. The summed E-state index contributed by atoms with van der Waals surface area (Å²) >= 11 is 3.33. The first-order chi connectivity index (χ1) is 11.0. The normalized spacial score (nSPS) is 16.4. The molecule has 0 unspecified atom stereocenters. The van der Waals surface area contributed by atoms with Gasteiger partial charge in [-0.3, -0.25) is 4.79 Å². The number of ether oxygens (including phenoxy) is 1. The largest absolute Gasteiger partial charge is 0.463 e. The Labute approximate surface area is 143 Å². The van der Waals surface area contributed by atoms with E-state index >= 15 is 0 Å². The lowest BCUT2D eigenvalue weighted by Gasteiger charge is -2.18. The number of hydrogen-bond acceptors (Lipinski definition) is 4. The SMILES string of the molecule is CCOC(=O)C1=C(C)C/C(=N\NC(=O)c2ccc(Br)cc2)CC1. The Bertz CT molecular complexity index is 663. The first-order valence-electron chi connectivity index (χ1n) is 7.48. The third kappa shape index (κ3) is 4.76. The Hall–Kier alpha value is -1.95. The van der Waals surface area contributed by atoms with Crippen LogP contribution in [0.2, 0.25) is 0 Å². The molecule has 122 valence electrons. The Morgan fingerprint density at radius 2 is 1.96 bits per heavy atom. The van der Waals surface area contributed by atoms with Crippen molar-refractivity contribution in [2.45, 2.75) is 33.1 Å². The molecule has 23 heavy (non-hydrogen) atoms. The molecule has 0 bridgehead atoms. The second-order valence-electron chi connectivity index (χ2n) is 5.28. The fraction of sp³-hybridized carbons (Fsp3) is 0.353. The topological polar surface area (TPSA) is 67.8 Å². The van der Waals surface area contributed by atoms with Crippen molar-refractivity contribution in [3.8, 4) is 0 Å². The van der Waals surface area contributed by atoms with E-state index in [4.69, 9.17) is 4.74 Å². The van der Waals surface area contributed by atoms with E-state index in [0.717, 1.165) is 21.3 Å². The van der Waals surface area contributed by atoms with Gasteiger partial charge in [-0.1, -0.05) is 21.5 Å². The van der Waals surface area contributed by atoms with Crippen molar-refractivity contribution in [2.75, 3.05) is 6.61 Å². The van der Waals surface area contributed by atoms with Gasteiger partial charge in [-0.2, -0.15) is 5.10 Å². The van der Waals surface area contributed by atoms with Gasteiger partial charge in [0.05, 0.1) is 6.61 Å². The number of halogens is 1. The van der Waals surface area contributed by atoms with Crippen LogP contribution in [0.3, 0.4) is 0 Å². The minimum atomic E-state index is -0.247. The molecule has 0 fully saturated rings. The Morgan fingerprint density at radius 1 is 1.26 bits per heavy atom. The highest BCUT2D eigenvalue weighted by atomic mass is 79.9. The third-order valence-electron chi connectivity index (χ3n) is 3.59. The molecule has 0 aliphatic heterocycles. The number of hydrazone groups is 1. The van der Waals surface area contributed by atoms with E-state index in [1.165, 1.54) is 0 Å². The number of rotatable bonds is 4. The monoisotopic (exact) mass is 378 g/mol. The number of esters is 1. The van der Waals surface area contributed by atoms with Crippen LogP contribution in [0, 0.1) is 0 Å². The van der Waals surface area contributed by atoms with Crippen LogP contribution < -0.4 is 5.43 Å². The lowest BCUT2D eigenvalue weighted by atomic mass is 9.91. The van der Waals surface area contributed by atoms with Crippen LogP contribution >= 0.6 is 15.9 Å². The minimum Gasteiger partial charge on any atom is -0.463 e. The first kappa shape index (κ1) is 17.4. The van der Waals surface area contributed by atoms with Gasteiger partial charge in [0, 0.05) is 27.7 Å². The van der Waals surface area contributed by atoms with E-state index < -0.39 is 0 Å². The summed E-state index contributed by atoms with van der Waals surface area (Å²) < 4.78 is 5.96. The molecule has 1 aliphatic carbocycles. The molecular weight excluding hydrogens is 360 g/mol. The van der Waals surface area contributed by atoms with Crippen LogP contribution in [0.15, 0.2) is 45.0 Å². The number of carbonyl (C=O) groups is 2. The van der Waals surface area contributed by atoms with E-state index in [9.17, 15) is 9.59 Å². The average molecular weight is 379 g/mol.